The summed E-state index contributed by atoms with van der Waals surface area (Å²) in [6, 6.07) is 1.20. The molecule has 0 amide bonds. The number of fused-ring (bicyclic) bond motifs is 1. The van der Waals surface area contributed by atoms with Crippen LogP contribution < -0.4 is 5.32 Å². The van der Waals surface area contributed by atoms with Gasteiger partial charge in [-0.1, -0.05) is 0 Å². The van der Waals surface area contributed by atoms with Gasteiger partial charge in [-0.25, -0.2) is 0 Å². The predicted molar refractivity (Wildman–Crippen MR) is 45.5 cm³/mol. The van der Waals surface area contributed by atoms with E-state index in [0.717, 1.165) is 23.5 Å². The second kappa shape index (κ2) is 2.88. The second-order valence-corrected chi connectivity index (χ2v) is 3.21. The highest BCUT2D eigenvalue weighted by molar-refractivity contribution is 5.76. The summed E-state index contributed by atoms with van der Waals surface area (Å²) in [7, 11) is 0. The van der Waals surface area contributed by atoms with Gasteiger partial charge in [0.1, 0.15) is 17.6 Å². The number of aryl methyl sites for hydroxylation is 1. The van der Waals surface area contributed by atoms with Crippen molar-refractivity contribution >= 4 is 5.97 Å². The van der Waals surface area contributed by atoms with Gasteiger partial charge in [0, 0.05) is 18.5 Å². The van der Waals surface area contributed by atoms with E-state index in [4.69, 9.17) is 9.52 Å². The predicted octanol–water partition coefficient (Wildman–Crippen LogP) is 0.859. The minimum absolute atomic E-state index is 0.596. The zero-order chi connectivity index (χ0) is 9.42. The molecular weight excluding hydrogens is 170 g/mol. The quantitative estimate of drug-likeness (QED) is 0.674. The molecule has 2 heterocycles. The fraction of sp³-hybridized carbons (Fsp3) is 0.444. The van der Waals surface area contributed by atoms with E-state index in [-0.39, 0.29) is 0 Å². The highest BCUT2D eigenvalue weighted by Gasteiger charge is 2.28. The molecule has 4 heteroatoms. The van der Waals surface area contributed by atoms with Gasteiger partial charge in [0.05, 0.1) is 0 Å². The molecule has 0 aliphatic carbocycles. The topological polar surface area (TPSA) is 62.5 Å². The summed E-state index contributed by atoms with van der Waals surface area (Å²) in [6.07, 6.45) is 0.771. The lowest BCUT2D eigenvalue weighted by atomic mass is 10.0. The van der Waals surface area contributed by atoms with Crippen LogP contribution in [0, 0.1) is 6.92 Å². The Morgan fingerprint density at radius 1 is 1.77 bits per heavy atom. The van der Waals surface area contributed by atoms with Crippen molar-refractivity contribution in [2.45, 2.75) is 19.4 Å². The molecule has 1 unspecified atom stereocenters. The van der Waals surface area contributed by atoms with Gasteiger partial charge < -0.3 is 14.8 Å². The Balaban J connectivity index is 2.41. The van der Waals surface area contributed by atoms with E-state index in [1.807, 2.05) is 6.92 Å². The van der Waals surface area contributed by atoms with Crippen molar-refractivity contribution in [3.63, 3.8) is 0 Å². The van der Waals surface area contributed by atoms with Gasteiger partial charge in [0.2, 0.25) is 0 Å². The van der Waals surface area contributed by atoms with Crippen LogP contribution in [0.2, 0.25) is 0 Å². The first kappa shape index (κ1) is 8.31. The van der Waals surface area contributed by atoms with Crippen LogP contribution in [0.25, 0.3) is 0 Å². The van der Waals surface area contributed by atoms with Crippen molar-refractivity contribution in [3.8, 4) is 0 Å². The minimum Gasteiger partial charge on any atom is -0.480 e. The van der Waals surface area contributed by atoms with Crippen molar-refractivity contribution in [1.29, 1.82) is 0 Å². The maximum absolute atomic E-state index is 10.8. The Labute approximate surface area is 75.6 Å². The number of rotatable bonds is 1. The van der Waals surface area contributed by atoms with E-state index < -0.39 is 12.0 Å². The number of nitrogens with one attached hydrogen (secondary N) is 1. The van der Waals surface area contributed by atoms with E-state index in [9.17, 15) is 4.79 Å². The fourth-order valence-corrected chi connectivity index (χ4v) is 1.68. The molecule has 0 saturated carbocycles. The van der Waals surface area contributed by atoms with Gasteiger partial charge in [-0.3, -0.25) is 4.79 Å². The Morgan fingerprint density at radius 2 is 2.54 bits per heavy atom. The van der Waals surface area contributed by atoms with Crippen LogP contribution in [0.5, 0.6) is 0 Å². The first-order valence-corrected chi connectivity index (χ1v) is 4.24. The number of hydrogen-bond acceptors (Lipinski definition) is 3. The van der Waals surface area contributed by atoms with E-state index in [1.165, 1.54) is 0 Å². The number of aliphatic carboxylic acids is 1. The third kappa shape index (κ3) is 1.33. The third-order valence-electron chi connectivity index (χ3n) is 2.22. The van der Waals surface area contributed by atoms with Gasteiger partial charge in [-0.05, 0) is 13.0 Å². The van der Waals surface area contributed by atoms with Gasteiger partial charge in [0.15, 0.2) is 0 Å². The van der Waals surface area contributed by atoms with Crippen LogP contribution in [0.3, 0.4) is 0 Å². The summed E-state index contributed by atoms with van der Waals surface area (Å²) in [5, 5.41) is 11.8. The second-order valence-electron chi connectivity index (χ2n) is 3.21. The monoisotopic (exact) mass is 181 g/mol. The normalized spacial score (nSPS) is 21.2. The Kier molecular flexibility index (Phi) is 1.84. The van der Waals surface area contributed by atoms with Gasteiger partial charge >= 0.3 is 5.97 Å². The lowest BCUT2D eigenvalue weighted by Gasteiger charge is -2.18. The molecule has 0 saturated heterocycles. The summed E-state index contributed by atoms with van der Waals surface area (Å²) in [4.78, 5) is 10.8. The Bertz CT molecular complexity index is 343. The molecule has 2 rings (SSSR count). The molecule has 1 atom stereocenters. The van der Waals surface area contributed by atoms with Crippen LogP contribution in [0.15, 0.2) is 10.5 Å². The molecule has 0 radical (unpaired) electrons. The van der Waals surface area contributed by atoms with Crippen LogP contribution in [0.4, 0.5) is 0 Å². The molecule has 1 aliphatic rings. The SMILES string of the molecule is Cc1cc2c(o1)CCNC2C(=O)O. The molecule has 0 bridgehead atoms. The highest BCUT2D eigenvalue weighted by atomic mass is 16.4. The van der Waals surface area contributed by atoms with Crippen molar-refractivity contribution in [3.05, 3.63) is 23.2 Å². The molecule has 1 aromatic rings. The summed E-state index contributed by atoms with van der Waals surface area (Å²) in [6.45, 7) is 2.49. The molecule has 4 nitrogen and oxygen atoms in total. The number of carboxylic acids is 1. The van der Waals surface area contributed by atoms with Crippen LogP contribution in [-0.2, 0) is 11.2 Å². The Hall–Kier alpha value is -1.29. The van der Waals surface area contributed by atoms with E-state index >= 15 is 0 Å². The van der Waals surface area contributed by atoms with Crippen molar-refractivity contribution in [2.75, 3.05) is 6.54 Å². The number of hydrogen-bond donors (Lipinski definition) is 2. The first-order chi connectivity index (χ1) is 6.18. The molecule has 1 aliphatic heterocycles. The third-order valence-corrected chi connectivity index (χ3v) is 2.22. The average Bonchev–Trinajstić information content (AvgIpc) is 2.43. The maximum atomic E-state index is 10.8. The maximum Gasteiger partial charge on any atom is 0.325 e. The largest absolute Gasteiger partial charge is 0.480 e. The molecule has 13 heavy (non-hydrogen) atoms. The van der Waals surface area contributed by atoms with Gasteiger partial charge in [0.25, 0.3) is 0 Å². The van der Waals surface area contributed by atoms with Crippen LogP contribution in [0.1, 0.15) is 23.1 Å². The minimum atomic E-state index is -0.846. The molecule has 0 fully saturated rings. The Morgan fingerprint density at radius 3 is 3.23 bits per heavy atom. The van der Waals surface area contributed by atoms with Crippen LogP contribution in [-0.4, -0.2) is 17.6 Å². The zero-order valence-corrected chi connectivity index (χ0v) is 7.33. The summed E-state index contributed by atoms with van der Waals surface area (Å²) >= 11 is 0. The first-order valence-electron chi connectivity index (χ1n) is 4.24. The number of carbonyl (C=O) groups is 1. The molecule has 2 N–H and O–H groups in total. The van der Waals surface area contributed by atoms with Gasteiger partial charge in [-0.2, -0.15) is 0 Å². The fourth-order valence-electron chi connectivity index (χ4n) is 1.68. The number of carboxylic acid groups (broad SMARTS) is 1. The molecular formula is C9H11NO3. The lowest BCUT2D eigenvalue weighted by molar-refractivity contribution is -0.139. The van der Waals surface area contributed by atoms with E-state index in [1.54, 1.807) is 6.07 Å². The lowest BCUT2D eigenvalue weighted by Crippen LogP contribution is -2.34. The molecule has 0 spiro atoms. The smallest absolute Gasteiger partial charge is 0.325 e. The molecule has 70 valence electrons. The van der Waals surface area contributed by atoms with Crippen molar-refractivity contribution < 1.29 is 14.3 Å². The van der Waals surface area contributed by atoms with Crippen molar-refractivity contribution in [1.82, 2.24) is 5.32 Å². The number of furan rings is 1. The molecule has 1 aromatic heterocycles. The zero-order valence-electron chi connectivity index (χ0n) is 7.33. The van der Waals surface area contributed by atoms with Crippen molar-refractivity contribution in [2.24, 2.45) is 0 Å². The molecule has 0 aromatic carbocycles. The average molecular weight is 181 g/mol. The van der Waals surface area contributed by atoms with E-state index in [2.05, 4.69) is 5.32 Å². The van der Waals surface area contributed by atoms with E-state index in [0.29, 0.717) is 6.54 Å². The highest BCUT2D eigenvalue weighted by Crippen LogP contribution is 2.25. The summed E-state index contributed by atoms with van der Waals surface area (Å²) in [5.74, 6) is 0.741. The summed E-state index contributed by atoms with van der Waals surface area (Å²) in [5.41, 5.74) is 0.774. The summed E-state index contributed by atoms with van der Waals surface area (Å²) < 4.78 is 5.38. The van der Waals surface area contributed by atoms with Crippen LogP contribution >= 0.6 is 0 Å². The van der Waals surface area contributed by atoms with Gasteiger partial charge in [-0.15, -0.1) is 0 Å². The standard InChI is InChI=1S/C9H11NO3/c1-5-4-6-7(13-5)2-3-10-8(6)9(11)12/h4,8,10H,2-3H2,1H3,(H,11,12).